The number of aryl methyl sites for hydroxylation is 1. The van der Waals surface area contributed by atoms with Crippen molar-refractivity contribution in [3.8, 4) is 22.3 Å². The Morgan fingerprint density at radius 3 is 2.00 bits per heavy atom. The molecule has 0 saturated carbocycles. The molecule has 1 aliphatic heterocycles. The van der Waals surface area contributed by atoms with E-state index in [1.54, 1.807) is 0 Å². The van der Waals surface area contributed by atoms with Gasteiger partial charge in [0.05, 0.1) is 11.4 Å². The Kier molecular flexibility index (Phi) is 3.02. The van der Waals surface area contributed by atoms with Gasteiger partial charge in [0, 0.05) is 11.1 Å². The second-order valence-corrected chi connectivity index (χ2v) is 6.18. The standard InChI is InChI=1S/C20H17NS/c1-13-11-12-18-16-8-4-3-7-15(16)17-9-5-6-10-19(17)21(22)20(18)14(13)2/h3-12,22H,1-2H3. The molecule has 2 heteroatoms. The lowest BCUT2D eigenvalue weighted by Gasteiger charge is -2.23. The van der Waals surface area contributed by atoms with Crippen LogP contribution in [0.4, 0.5) is 11.4 Å². The Hall–Kier alpha value is -2.19. The Balaban J connectivity index is 2.19. The molecule has 0 radical (unpaired) electrons. The second-order valence-electron chi connectivity index (χ2n) is 5.78. The predicted molar refractivity (Wildman–Crippen MR) is 97.9 cm³/mol. The van der Waals surface area contributed by atoms with Gasteiger partial charge in [-0.15, -0.1) is 0 Å². The number of anilines is 2. The van der Waals surface area contributed by atoms with Crippen molar-refractivity contribution in [2.24, 2.45) is 0 Å². The van der Waals surface area contributed by atoms with E-state index in [-0.39, 0.29) is 0 Å². The van der Waals surface area contributed by atoms with Gasteiger partial charge < -0.3 is 0 Å². The molecule has 0 fully saturated rings. The maximum Gasteiger partial charge on any atom is 0.0633 e. The summed E-state index contributed by atoms with van der Waals surface area (Å²) < 4.78 is 2.03. The molecule has 0 spiro atoms. The van der Waals surface area contributed by atoms with Crippen LogP contribution in [0.25, 0.3) is 22.3 Å². The van der Waals surface area contributed by atoms with E-state index in [4.69, 9.17) is 12.8 Å². The molecule has 1 nitrogen and oxygen atoms in total. The van der Waals surface area contributed by atoms with Crippen molar-refractivity contribution in [1.29, 1.82) is 0 Å². The largest absolute Gasteiger partial charge is 0.286 e. The first-order valence-electron chi connectivity index (χ1n) is 7.46. The number of nitrogens with zero attached hydrogens (tertiary/aromatic N) is 1. The van der Waals surface area contributed by atoms with Gasteiger partial charge in [-0.1, -0.05) is 67.4 Å². The molecule has 22 heavy (non-hydrogen) atoms. The third-order valence-corrected chi connectivity index (χ3v) is 4.97. The average molecular weight is 303 g/mol. The topological polar surface area (TPSA) is 3.24 Å². The van der Waals surface area contributed by atoms with Crippen molar-refractivity contribution in [1.82, 2.24) is 0 Å². The fourth-order valence-corrected chi connectivity index (χ4v) is 3.68. The van der Waals surface area contributed by atoms with Crippen LogP contribution in [0, 0.1) is 13.8 Å². The quantitative estimate of drug-likeness (QED) is 0.503. The molecule has 4 rings (SSSR count). The van der Waals surface area contributed by atoms with E-state index in [1.165, 1.54) is 39.1 Å². The van der Waals surface area contributed by atoms with Crippen molar-refractivity contribution in [3.63, 3.8) is 0 Å². The lowest BCUT2D eigenvalue weighted by Crippen LogP contribution is -2.06. The molecule has 3 aromatic rings. The highest BCUT2D eigenvalue weighted by Crippen LogP contribution is 2.49. The highest BCUT2D eigenvalue weighted by atomic mass is 32.1. The normalized spacial score (nSPS) is 12.2. The summed E-state index contributed by atoms with van der Waals surface area (Å²) in [5.74, 6) is 0. The summed E-state index contributed by atoms with van der Waals surface area (Å²) in [4.78, 5) is 0. The average Bonchev–Trinajstić information content (AvgIpc) is 2.66. The van der Waals surface area contributed by atoms with Gasteiger partial charge in [0.15, 0.2) is 0 Å². The summed E-state index contributed by atoms with van der Waals surface area (Å²) >= 11 is 4.84. The van der Waals surface area contributed by atoms with Crippen LogP contribution in [0.3, 0.4) is 0 Å². The zero-order chi connectivity index (χ0) is 15.3. The highest BCUT2D eigenvalue weighted by molar-refractivity contribution is 7.82. The molecule has 0 bridgehead atoms. The molecule has 0 saturated heterocycles. The van der Waals surface area contributed by atoms with E-state index in [1.807, 2.05) is 4.31 Å². The number of rotatable bonds is 0. The van der Waals surface area contributed by atoms with Crippen LogP contribution in [-0.4, -0.2) is 0 Å². The first-order valence-corrected chi connectivity index (χ1v) is 7.86. The van der Waals surface area contributed by atoms with Gasteiger partial charge in [-0.25, -0.2) is 0 Å². The maximum atomic E-state index is 4.84. The summed E-state index contributed by atoms with van der Waals surface area (Å²) in [5.41, 5.74) is 9.87. The predicted octanol–water partition coefficient (Wildman–Crippen LogP) is 5.93. The molecule has 1 aliphatic rings. The van der Waals surface area contributed by atoms with Crippen LogP contribution < -0.4 is 4.31 Å². The fraction of sp³-hybridized carbons (Fsp3) is 0.100. The number of thiol groups is 1. The highest BCUT2D eigenvalue weighted by Gasteiger charge is 2.24. The van der Waals surface area contributed by atoms with E-state index < -0.39 is 0 Å². The summed E-state index contributed by atoms with van der Waals surface area (Å²) in [6, 6.07) is 21.5. The van der Waals surface area contributed by atoms with Crippen LogP contribution in [0.1, 0.15) is 11.1 Å². The van der Waals surface area contributed by atoms with E-state index in [9.17, 15) is 0 Å². The first kappa shape index (κ1) is 13.5. The van der Waals surface area contributed by atoms with Crippen LogP contribution in [0.15, 0.2) is 60.7 Å². The molecular weight excluding hydrogens is 286 g/mol. The van der Waals surface area contributed by atoms with Gasteiger partial charge in [-0.2, -0.15) is 0 Å². The van der Waals surface area contributed by atoms with Gasteiger partial charge in [0.25, 0.3) is 0 Å². The first-order chi connectivity index (χ1) is 10.7. The van der Waals surface area contributed by atoms with Crippen molar-refractivity contribution >= 4 is 24.2 Å². The van der Waals surface area contributed by atoms with Gasteiger partial charge in [0.2, 0.25) is 0 Å². The molecular formula is C20H17NS. The minimum Gasteiger partial charge on any atom is -0.286 e. The van der Waals surface area contributed by atoms with Crippen LogP contribution in [0.2, 0.25) is 0 Å². The summed E-state index contributed by atoms with van der Waals surface area (Å²) in [6.45, 7) is 4.33. The molecule has 108 valence electrons. The van der Waals surface area contributed by atoms with Crippen LogP contribution in [0.5, 0.6) is 0 Å². The van der Waals surface area contributed by atoms with Crippen LogP contribution >= 0.6 is 12.8 Å². The Morgan fingerprint density at radius 2 is 1.27 bits per heavy atom. The Morgan fingerprint density at radius 1 is 0.682 bits per heavy atom. The second kappa shape index (κ2) is 4.92. The molecule has 3 aromatic carbocycles. The Bertz CT molecular complexity index is 883. The van der Waals surface area contributed by atoms with E-state index >= 15 is 0 Å². The van der Waals surface area contributed by atoms with E-state index in [0.717, 1.165) is 5.69 Å². The number of hydrogen-bond acceptors (Lipinski definition) is 2. The zero-order valence-corrected chi connectivity index (χ0v) is 13.6. The molecule has 0 aromatic heterocycles. The van der Waals surface area contributed by atoms with Gasteiger partial charge in [0.1, 0.15) is 0 Å². The van der Waals surface area contributed by atoms with Gasteiger partial charge in [-0.3, -0.25) is 4.31 Å². The van der Waals surface area contributed by atoms with Gasteiger partial charge in [-0.05, 0) is 42.2 Å². The summed E-state index contributed by atoms with van der Waals surface area (Å²) in [7, 11) is 0. The zero-order valence-electron chi connectivity index (χ0n) is 12.7. The molecule has 0 unspecified atom stereocenters. The van der Waals surface area contributed by atoms with E-state index in [0.29, 0.717) is 0 Å². The smallest absolute Gasteiger partial charge is 0.0633 e. The van der Waals surface area contributed by atoms with Crippen molar-refractivity contribution in [3.05, 3.63) is 71.8 Å². The van der Waals surface area contributed by atoms with Gasteiger partial charge >= 0.3 is 0 Å². The molecule has 1 heterocycles. The number of fused-ring (bicyclic) bond motifs is 5. The van der Waals surface area contributed by atoms with Crippen molar-refractivity contribution in [2.45, 2.75) is 13.8 Å². The maximum absolute atomic E-state index is 4.84. The molecule has 0 amide bonds. The SMILES string of the molecule is Cc1ccc2c(c1C)N(S)c1ccccc1-c1ccccc1-2. The molecule has 0 aliphatic carbocycles. The Labute approximate surface area is 136 Å². The monoisotopic (exact) mass is 303 g/mol. The lowest BCUT2D eigenvalue weighted by atomic mass is 9.93. The van der Waals surface area contributed by atoms with Crippen molar-refractivity contribution in [2.75, 3.05) is 4.31 Å². The summed E-state index contributed by atoms with van der Waals surface area (Å²) in [6.07, 6.45) is 0. The number of hydrogen-bond donors (Lipinski definition) is 1. The fourth-order valence-electron chi connectivity index (χ4n) is 3.25. The van der Waals surface area contributed by atoms with E-state index in [2.05, 4.69) is 74.5 Å². The minimum absolute atomic E-state index is 1.13. The third kappa shape index (κ3) is 1.80. The molecule has 0 atom stereocenters. The third-order valence-electron chi connectivity index (χ3n) is 4.55. The number of benzene rings is 3. The number of para-hydroxylation sites is 1. The van der Waals surface area contributed by atoms with Crippen molar-refractivity contribution < 1.29 is 0 Å². The molecule has 0 N–H and O–H groups in total. The lowest BCUT2D eigenvalue weighted by molar-refractivity contribution is 1.31. The summed E-state index contributed by atoms with van der Waals surface area (Å²) in [5, 5.41) is 0. The van der Waals surface area contributed by atoms with Crippen LogP contribution in [-0.2, 0) is 0 Å². The minimum atomic E-state index is 1.13.